The molecule has 2 aromatic rings. The lowest BCUT2D eigenvalue weighted by atomic mass is 10.0. The van der Waals surface area contributed by atoms with E-state index < -0.39 is 29.4 Å². The summed E-state index contributed by atoms with van der Waals surface area (Å²) in [5, 5.41) is 3.75. The number of rotatable bonds is 2. The Balaban J connectivity index is 1.94. The molecule has 0 bridgehead atoms. The predicted octanol–water partition coefficient (Wildman–Crippen LogP) is 4.38. The number of fused-ring (bicyclic) bond motifs is 1. The van der Waals surface area contributed by atoms with Gasteiger partial charge in [0.25, 0.3) is 0 Å². The maximum Gasteiger partial charge on any atom is 0.435 e. The molecule has 0 atom stereocenters. The molecule has 1 aromatic carbocycles. The number of halogens is 4. The Morgan fingerprint density at radius 2 is 1.96 bits per heavy atom. The van der Waals surface area contributed by atoms with Crippen LogP contribution in [0.25, 0.3) is 0 Å². The first-order chi connectivity index (χ1) is 12.9. The van der Waals surface area contributed by atoms with E-state index in [1.54, 1.807) is 26.8 Å². The fourth-order valence-electron chi connectivity index (χ4n) is 3.13. The van der Waals surface area contributed by atoms with Crippen molar-refractivity contribution in [2.75, 3.05) is 6.54 Å². The van der Waals surface area contributed by atoms with Gasteiger partial charge in [-0.05, 0) is 44.9 Å². The highest BCUT2D eigenvalue weighted by Gasteiger charge is 2.41. The van der Waals surface area contributed by atoms with Crippen LogP contribution >= 0.6 is 0 Å². The third-order valence-electron chi connectivity index (χ3n) is 4.28. The number of hydrogen-bond donors (Lipinski definition) is 0. The highest BCUT2D eigenvalue weighted by atomic mass is 19.4. The van der Waals surface area contributed by atoms with E-state index in [2.05, 4.69) is 5.10 Å². The van der Waals surface area contributed by atoms with Crippen LogP contribution in [0.2, 0.25) is 0 Å². The zero-order chi connectivity index (χ0) is 20.7. The Labute approximate surface area is 159 Å². The summed E-state index contributed by atoms with van der Waals surface area (Å²) in [6.45, 7) is 5.18. The van der Waals surface area contributed by atoms with Crippen LogP contribution in [0.15, 0.2) is 24.3 Å². The molecule has 0 aliphatic carbocycles. The van der Waals surface area contributed by atoms with Crippen LogP contribution < -0.4 is 0 Å². The van der Waals surface area contributed by atoms with Crippen molar-refractivity contribution < 1.29 is 27.1 Å². The molecule has 2 heterocycles. The standard InChI is InChI=1S/C19H21F4N3O2/c1-18(2,3)28-17(27)25-8-7-14-15(11-25)26(24-16(14)19(21,22)23)10-12-5-4-6-13(20)9-12/h4-6,9H,7-8,10-11H2,1-3H3. The highest BCUT2D eigenvalue weighted by molar-refractivity contribution is 5.68. The molecule has 0 unspecified atom stereocenters. The highest BCUT2D eigenvalue weighted by Crippen LogP contribution is 2.35. The Kier molecular flexibility index (Phi) is 5.12. The smallest absolute Gasteiger partial charge is 0.435 e. The maximum atomic E-state index is 13.4. The summed E-state index contributed by atoms with van der Waals surface area (Å²) in [5.74, 6) is -0.482. The van der Waals surface area contributed by atoms with Gasteiger partial charge in [0.2, 0.25) is 0 Å². The summed E-state index contributed by atoms with van der Waals surface area (Å²) in [6, 6.07) is 5.60. The lowest BCUT2D eigenvalue weighted by Crippen LogP contribution is -2.40. The van der Waals surface area contributed by atoms with Crippen LogP contribution in [-0.2, 0) is 30.4 Å². The zero-order valence-corrected chi connectivity index (χ0v) is 15.8. The summed E-state index contributed by atoms with van der Waals surface area (Å²) in [6.07, 6.45) is -5.18. The van der Waals surface area contributed by atoms with Crippen molar-refractivity contribution in [1.29, 1.82) is 0 Å². The molecule has 5 nitrogen and oxygen atoms in total. The molecule has 1 aliphatic rings. The van der Waals surface area contributed by atoms with Gasteiger partial charge in [0.15, 0.2) is 5.69 Å². The van der Waals surface area contributed by atoms with Gasteiger partial charge in [-0.25, -0.2) is 9.18 Å². The van der Waals surface area contributed by atoms with Crippen LogP contribution in [-0.4, -0.2) is 32.9 Å². The van der Waals surface area contributed by atoms with Crippen molar-refractivity contribution in [2.45, 2.75) is 52.1 Å². The van der Waals surface area contributed by atoms with Gasteiger partial charge in [0.05, 0.1) is 18.8 Å². The Morgan fingerprint density at radius 3 is 2.57 bits per heavy atom. The molecule has 1 aromatic heterocycles. The Bertz CT molecular complexity index is 884. The van der Waals surface area contributed by atoms with E-state index in [0.29, 0.717) is 5.56 Å². The first kappa shape index (κ1) is 20.2. The molecule has 0 saturated carbocycles. The van der Waals surface area contributed by atoms with Gasteiger partial charge in [-0.3, -0.25) is 4.68 Å². The average Bonchev–Trinajstić information content (AvgIpc) is 2.91. The number of nitrogens with zero attached hydrogens (tertiary/aromatic N) is 3. The normalized spacial score (nSPS) is 14.8. The van der Waals surface area contributed by atoms with Crippen LogP contribution in [0.5, 0.6) is 0 Å². The summed E-state index contributed by atoms with van der Waals surface area (Å²) >= 11 is 0. The molecule has 152 valence electrons. The Morgan fingerprint density at radius 1 is 1.25 bits per heavy atom. The molecule has 1 amide bonds. The van der Waals surface area contributed by atoms with E-state index >= 15 is 0 Å². The van der Waals surface area contributed by atoms with Crippen molar-refractivity contribution >= 4 is 6.09 Å². The number of benzene rings is 1. The second kappa shape index (κ2) is 7.10. The molecule has 0 fully saturated rings. The van der Waals surface area contributed by atoms with Gasteiger partial charge < -0.3 is 9.64 Å². The zero-order valence-electron chi connectivity index (χ0n) is 15.8. The van der Waals surface area contributed by atoms with Gasteiger partial charge in [-0.2, -0.15) is 18.3 Å². The average molecular weight is 399 g/mol. The minimum Gasteiger partial charge on any atom is -0.444 e. The van der Waals surface area contributed by atoms with Crippen LogP contribution in [0.4, 0.5) is 22.4 Å². The minimum atomic E-state index is -4.61. The topological polar surface area (TPSA) is 47.4 Å². The molecule has 1 aliphatic heterocycles. The fraction of sp³-hybridized carbons (Fsp3) is 0.474. The predicted molar refractivity (Wildman–Crippen MR) is 93.1 cm³/mol. The van der Waals surface area contributed by atoms with E-state index in [4.69, 9.17) is 4.74 Å². The molecule has 3 rings (SSSR count). The first-order valence-corrected chi connectivity index (χ1v) is 8.82. The summed E-state index contributed by atoms with van der Waals surface area (Å²) in [5.41, 5.74) is -0.829. The Hall–Kier alpha value is -2.58. The monoisotopic (exact) mass is 399 g/mol. The summed E-state index contributed by atoms with van der Waals surface area (Å²) < 4.78 is 60.3. The van der Waals surface area contributed by atoms with Crippen molar-refractivity contribution in [3.63, 3.8) is 0 Å². The second-order valence-electron chi connectivity index (χ2n) is 7.71. The van der Waals surface area contributed by atoms with E-state index in [0.717, 1.165) is 0 Å². The first-order valence-electron chi connectivity index (χ1n) is 8.82. The van der Waals surface area contributed by atoms with E-state index in [1.807, 2.05) is 0 Å². The number of carbonyl (C=O) groups is 1. The number of carbonyl (C=O) groups excluding carboxylic acids is 1. The van der Waals surface area contributed by atoms with Crippen molar-refractivity contribution in [1.82, 2.24) is 14.7 Å². The minimum absolute atomic E-state index is 0.0204. The molecule has 9 heteroatoms. The third-order valence-corrected chi connectivity index (χ3v) is 4.28. The van der Waals surface area contributed by atoms with Gasteiger partial charge in [0.1, 0.15) is 11.4 Å². The lowest BCUT2D eigenvalue weighted by molar-refractivity contribution is -0.142. The quantitative estimate of drug-likeness (QED) is 0.704. The number of ether oxygens (including phenoxy) is 1. The lowest BCUT2D eigenvalue weighted by Gasteiger charge is -2.30. The number of aromatic nitrogens is 2. The molecule has 0 radical (unpaired) electrons. The third kappa shape index (κ3) is 4.45. The van der Waals surface area contributed by atoms with Gasteiger partial charge >= 0.3 is 12.3 Å². The van der Waals surface area contributed by atoms with E-state index in [-0.39, 0.29) is 37.3 Å². The molecule has 0 spiro atoms. The maximum absolute atomic E-state index is 13.4. The van der Waals surface area contributed by atoms with Gasteiger partial charge in [0, 0.05) is 12.1 Å². The molecular formula is C19H21F4N3O2. The van der Waals surface area contributed by atoms with E-state index in [1.165, 1.54) is 27.8 Å². The summed E-state index contributed by atoms with van der Waals surface area (Å²) in [7, 11) is 0. The van der Waals surface area contributed by atoms with Gasteiger partial charge in [-0.1, -0.05) is 12.1 Å². The van der Waals surface area contributed by atoms with Crippen LogP contribution in [0, 0.1) is 5.82 Å². The number of alkyl halides is 3. The van der Waals surface area contributed by atoms with Crippen molar-refractivity contribution in [2.24, 2.45) is 0 Å². The number of hydrogen-bond acceptors (Lipinski definition) is 3. The van der Waals surface area contributed by atoms with Crippen molar-refractivity contribution in [3.05, 3.63) is 52.6 Å². The largest absolute Gasteiger partial charge is 0.444 e. The van der Waals surface area contributed by atoms with Crippen molar-refractivity contribution in [3.8, 4) is 0 Å². The number of amides is 1. The van der Waals surface area contributed by atoms with Crippen LogP contribution in [0.1, 0.15) is 43.3 Å². The van der Waals surface area contributed by atoms with Gasteiger partial charge in [-0.15, -0.1) is 0 Å². The van der Waals surface area contributed by atoms with E-state index in [9.17, 15) is 22.4 Å². The fourth-order valence-corrected chi connectivity index (χ4v) is 3.13. The SMILES string of the molecule is CC(C)(C)OC(=O)N1CCc2c(C(F)(F)F)nn(Cc3cccc(F)c3)c2C1. The summed E-state index contributed by atoms with van der Waals surface area (Å²) in [4.78, 5) is 13.7. The molecule has 0 N–H and O–H groups in total. The molecular weight excluding hydrogens is 378 g/mol. The second-order valence-corrected chi connectivity index (χ2v) is 7.71. The molecule has 28 heavy (non-hydrogen) atoms. The van der Waals surface area contributed by atoms with Crippen LogP contribution in [0.3, 0.4) is 0 Å². The molecule has 0 saturated heterocycles.